The Morgan fingerprint density at radius 2 is 1.64 bits per heavy atom. The first-order valence-electron chi connectivity index (χ1n) is 8.40. The van der Waals surface area contributed by atoms with E-state index >= 15 is 0 Å². The van der Waals surface area contributed by atoms with Crippen LogP contribution < -0.4 is 4.74 Å². The second-order valence-electron chi connectivity index (χ2n) is 6.05. The van der Waals surface area contributed by atoms with Crippen molar-refractivity contribution in [3.63, 3.8) is 0 Å². The van der Waals surface area contributed by atoms with Crippen molar-refractivity contribution >= 4 is 11.6 Å². The number of carbonyl (C=O) groups excluding carboxylic acids is 1. The number of hydrogen-bond acceptors (Lipinski definition) is 4. The van der Waals surface area contributed by atoms with Crippen LogP contribution in [0.25, 0.3) is 0 Å². The van der Waals surface area contributed by atoms with Crippen molar-refractivity contribution in [1.29, 1.82) is 0 Å². The van der Waals surface area contributed by atoms with Crippen LogP contribution in [0.1, 0.15) is 30.9 Å². The summed E-state index contributed by atoms with van der Waals surface area (Å²) >= 11 is 0. The van der Waals surface area contributed by atoms with Crippen LogP contribution in [0.15, 0.2) is 54.6 Å². The molecule has 0 N–H and O–H groups in total. The van der Waals surface area contributed by atoms with Crippen molar-refractivity contribution in [3.8, 4) is 5.75 Å². The lowest BCUT2D eigenvalue weighted by atomic mass is 10.1. The van der Waals surface area contributed by atoms with E-state index in [0.29, 0.717) is 5.75 Å². The summed E-state index contributed by atoms with van der Waals surface area (Å²) in [6.45, 7) is 1.48. The summed E-state index contributed by atoms with van der Waals surface area (Å²) in [4.78, 5) is 25.1. The van der Waals surface area contributed by atoms with Crippen LogP contribution in [0.4, 0.5) is 5.69 Å². The second-order valence-corrected chi connectivity index (χ2v) is 6.05. The van der Waals surface area contributed by atoms with Gasteiger partial charge in [0.2, 0.25) is 6.10 Å². The molecule has 25 heavy (non-hydrogen) atoms. The van der Waals surface area contributed by atoms with Crippen molar-refractivity contribution in [2.24, 2.45) is 0 Å². The number of nitrogens with zero attached hydrogens (tertiary/aromatic N) is 2. The number of rotatable bonds is 5. The van der Waals surface area contributed by atoms with Gasteiger partial charge in [-0.25, -0.2) is 0 Å². The smallest absolute Gasteiger partial charge is 0.269 e. The Morgan fingerprint density at radius 3 is 2.24 bits per heavy atom. The molecule has 1 aliphatic rings. The van der Waals surface area contributed by atoms with Gasteiger partial charge < -0.3 is 9.64 Å². The lowest BCUT2D eigenvalue weighted by Crippen LogP contribution is -2.40. The van der Waals surface area contributed by atoms with Gasteiger partial charge in [0, 0.05) is 30.8 Å². The molecule has 0 saturated carbocycles. The third kappa shape index (κ3) is 4.15. The summed E-state index contributed by atoms with van der Waals surface area (Å²) in [6.07, 6.45) is 2.40. The predicted molar refractivity (Wildman–Crippen MR) is 93.3 cm³/mol. The molecular weight excluding hydrogens is 320 g/mol. The zero-order valence-electron chi connectivity index (χ0n) is 13.8. The van der Waals surface area contributed by atoms with Gasteiger partial charge in [0.05, 0.1) is 4.92 Å². The van der Waals surface area contributed by atoms with Gasteiger partial charge in [0.15, 0.2) is 0 Å². The number of nitro groups is 1. The SMILES string of the molecule is O=C([C@H](Oc1ccc([N+](=O)[O-])cc1)c1ccccc1)N1CCCCC1. The van der Waals surface area contributed by atoms with Crippen LogP contribution in [-0.2, 0) is 4.79 Å². The Morgan fingerprint density at radius 1 is 1.00 bits per heavy atom. The van der Waals surface area contributed by atoms with Crippen molar-refractivity contribution in [2.75, 3.05) is 13.1 Å². The average molecular weight is 340 g/mol. The number of benzene rings is 2. The first-order valence-corrected chi connectivity index (χ1v) is 8.40. The Balaban J connectivity index is 1.83. The molecule has 6 heteroatoms. The molecule has 1 aliphatic heterocycles. The molecule has 6 nitrogen and oxygen atoms in total. The summed E-state index contributed by atoms with van der Waals surface area (Å²) in [5.41, 5.74) is 0.766. The van der Waals surface area contributed by atoms with Crippen molar-refractivity contribution < 1.29 is 14.5 Å². The molecule has 0 aromatic heterocycles. The molecule has 130 valence electrons. The zero-order chi connectivity index (χ0) is 17.6. The lowest BCUT2D eigenvalue weighted by Gasteiger charge is -2.30. The predicted octanol–water partition coefficient (Wildman–Crippen LogP) is 3.73. The fourth-order valence-electron chi connectivity index (χ4n) is 2.95. The number of carbonyl (C=O) groups is 1. The van der Waals surface area contributed by atoms with Crippen molar-refractivity contribution in [1.82, 2.24) is 4.90 Å². The van der Waals surface area contributed by atoms with E-state index in [9.17, 15) is 14.9 Å². The Hall–Kier alpha value is -2.89. The number of non-ortho nitro benzene ring substituents is 1. The van der Waals surface area contributed by atoms with Crippen LogP contribution in [0.3, 0.4) is 0 Å². The van der Waals surface area contributed by atoms with Crippen LogP contribution in [0.5, 0.6) is 5.75 Å². The number of hydrogen-bond donors (Lipinski definition) is 0. The molecule has 0 radical (unpaired) electrons. The molecule has 0 bridgehead atoms. The fraction of sp³-hybridized carbons (Fsp3) is 0.316. The largest absolute Gasteiger partial charge is 0.476 e. The highest BCUT2D eigenvalue weighted by molar-refractivity contribution is 5.82. The standard InChI is InChI=1S/C19H20N2O4/c22-19(20-13-5-2-6-14-20)18(15-7-3-1-4-8-15)25-17-11-9-16(10-12-17)21(23)24/h1,3-4,7-12,18H,2,5-6,13-14H2/t18-/m1/s1. The summed E-state index contributed by atoms with van der Waals surface area (Å²) in [6, 6.07) is 15.1. The minimum atomic E-state index is -0.749. The second kappa shape index (κ2) is 7.79. The highest BCUT2D eigenvalue weighted by atomic mass is 16.6. The van der Waals surface area contributed by atoms with Crippen LogP contribution in [0, 0.1) is 10.1 Å². The average Bonchev–Trinajstić information content (AvgIpc) is 2.67. The van der Waals surface area contributed by atoms with E-state index in [1.54, 1.807) is 0 Å². The first-order chi connectivity index (χ1) is 12.1. The maximum atomic E-state index is 13.0. The van der Waals surface area contributed by atoms with Gasteiger partial charge in [-0.3, -0.25) is 14.9 Å². The van der Waals surface area contributed by atoms with E-state index in [4.69, 9.17) is 4.74 Å². The highest BCUT2D eigenvalue weighted by Gasteiger charge is 2.28. The Kier molecular flexibility index (Phi) is 5.28. The topological polar surface area (TPSA) is 72.7 Å². The maximum Gasteiger partial charge on any atom is 0.269 e. The molecule has 1 heterocycles. The monoisotopic (exact) mass is 340 g/mol. The summed E-state index contributed by atoms with van der Waals surface area (Å²) in [5.74, 6) is 0.370. The van der Waals surface area contributed by atoms with Gasteiger partial charge in [0.25, 0.3) is 11.6 Å². The Labute approximate surface area is 146 Å². The molecule has 1 amide bonds. The van der Waals surface area contributed by atoms with Gasteiger partial charge in [-0.1, -0.05) is 30.3 Å². The van der Waals surface area contributed by atoms with Crippen LogP contribution in [0.2, 0.25) is 0 Å². The molecular formula is C19H20N2O4. The summed E-state index contributed by atoms with van der Waals surface area (Å²) < 4.78 is 5.94. The molecule has 0 unspecified atom stereocenters. The normalized spacial score (nSPS) is 15.4. The maximum absolute atomic E-state index is 13.0. The molecule has 0 spiro atoms. The third-order valence-electron chi connectivity index (χ3n) is 4.30. The van der Waals surface area contributed by atoms with Crippen molar-refractivity contribution in [2.45, 2.75) is 25.4 Å². The zero-order valence-corrected chi connectivity index (χ0v) is 13.8. The number of amides is 1. The van der Waals surface area contributed by atoms with E-state index < -0.39 is 11.0 Å². The number of nitro benzene ring substituents is 1. The molecule has 3 rings (SSSR count). The van der Waals surface area contributed by atoms with Crippen LogP contribution in [-0.4, -0.2) is 28.8 Å². The van der Waals surface area contributed by atoms with E-state index in [1.807, 2.05) is 35.2 Å². The van der Waals surface area contributed by atoms with Gasteiger partial charge in [-0.15, -0.1) is 0 Å². The Bertz CT molecular complexity index is 725. The van der Waals surface area contributed by atoms with E-state index in [-0.39, 0.29) is 11.6 Å². The highest BCUT2D eigenvalue weighted by Crippen LogP contribution is 2.27. The minimum Gasteiger partial charge on any atom is -0.476 e. The van der Waals surface area contributed by atoms with Gasteiger partial charge in [-0.05, 0) is 31.4 Å². The molecule has 1 fully saturated rings. The van der Waals surface area contributed by atoms with E-state index in [2.05, 4.69) is 0 Å². The lowest BCUT2D eigenvalue weighted by molar-refractivity contribution is -0.384. The van der Waals surface area contributed by atoms with E-state index in [1.165, 1.54) is 24.3 Å². The number of likely N-dealkylation sites (tertiary alicyclic amines) is 1. The molecule has 2 aromatic carbocycles. The van der Waals surface area contributed by atoms with Gasteiger partial charge in [0.1, 0.15) is 5.75 Å². The van der Waals surface area contributed by atoms with E-state index in [0.717, 1.165) is 37.9 Å². The number of ether oxygens (including phenoxy) is 1. The minimum absolute atomic E-state index is 0.00836. The molecule has 2 aromatic rings. The van der Waals surface area contributed by atoms with Gasteiger partial charge in [-0.2, -0.15) is 0 Å². The number of piperidine rings is 1. The van der Waals surface area contributed by atoms with Gasteiger partial charge >= 0.3 is 0 Å². The molecule has 1 saturated heterocycles. The molecule has 1 atom stereocenters. The summed E-state index contributed by atoms with van der Waals surface area (Å²) in [7, 11) is 0. The first kappa shape index (κ1) is 17.0. The van der Waals surface area contributed by atoms with Crippen LogP contribution >= 0.6 is 0 Å². The third-order valence-corrected chi connectivity index (χ3v) is 4.30. The molecule has 0 aliphatic carbocycles. The summed E-state index contributed by atoms with van der Waals surface area (Å²) in [5, 5.41) is 10.8. The van der Waals surface area contributed by atoms with Crippen molar-refractivity contribution in [3.05, 3.63) is 70.3 Å². The fourth-order valence-corrected chi connectivity index (χ4v) is 2.95. The quantitative estimate of drug-likeness (QED) is 0.614.